The van der Waals surface area contributed by atoms with E-state index in [1.54, 1.807) is 31.5 Å². The summed E-state index contributed by atoms with van der Waals surface area (Å²) >= 11 is 6.78. The van der Waals surface area contributed by atoms with Crippen molar-refractivity contribution in [3.63, 3.8) is 0 Å². The average molecular weight is 504 g/mol. The fourth-order valence-electron chi connectivity index (χ4n) is 4.52. The van der Waals surface area contributed by atoms with E-state index < -0.39 is 11.9 Å². The topological polar surface area (TPSA) is 88.1 Å². The standard InChI is InChI=1S/C28H23ClFN3O3/c1-36-20-9-10-21(23(29)14-20)27(16-3-2-4-16)26(17-6-11-24-22(13-17)28(30)33-32-24)18-5-7-19(31-15-18)8-12-25(34)35/h5-16H,2-4H2,1H3,(H,32,33)(H,34,35). The van der Waals surface area contributed by atoms with Gasteiger partial charge in [0, 0.05) is 17.8 Å². The van der Waals surface area contributed by atoms with Crippen LogP contribution < -0.4 is 4.74 Å². The van der Waals surface area contributed by atoms with Gasteiger partial charge in [-0.05, 0) is 83.5 Å². The van der Waals surface area contributed by atoms with Gasteiger partial charge >= 0.3 is 5.97 Å². The van der Waals surface area contributed by atoms with Gasteiger partial charge in [0.1, 0.15) is 5.75 Å². The number of rotatable bonds is 7. The lowest BCUT2D eigenvalue weighted by Gasteiger charge is -2.32. The zero-order chi connectivity index (χ0) is 25.2. The molecule has 2 N–H and O–H groups in total. The average Bonchev–Trinajstić information content (AvgIpc) is 3.22. The molecule has 2 aromatic carbocycles. The van der Waals surface area contributed by atoms with E-state index in [0.29, 0.717) is 27.4 Å². The minimum atomic E-state index is -1.04. The molecule has 0 aliphatic heterocycles. The Bertz CT molecular complexity index is 1500. The van der Waals surface area contributed by atoms with Crippen molar-refractivity contribution in [1.82, 2.24) is 15.2 Å². The number of ether oxygens (including phenoxy) is 1. The van der Waals surface area contributed by atoms with Crippen LogP contribution in [0.2, 0.25) is 5.02 Å². The third kappa shape index (κ3) is 4.62. The molecule has 0 bridgehead atoms. The van der Waals surface area contributed by atoms with E-state index in [1.165, 1.54) is 6.08 Å². The zero-order valence-electron chi connectivity index (χ0n) is 19.5. The molecule has 8 heteroatoms. The van der Waals surface area contributed by atoms with Gasteiger partial charge < -0.3 is 9.84 Å². The molecule has 0 spiro atoms. The van der Waals surface area contributed by atoms with Crippen LogP contribution in [-0.4, -0.2) is 33.4 Å². The number of pyridine rings is 1. The summed E-state index contributed by atoms with van der Waals surface area (Å²) in [5.41, 5.74) is 5.61. The number of fused-ring (bicyclic) bond motifs is 1. The Balaban J connectivity index is 1.76. The molecule has 1 saturated carbocycles. The molecule has 1 aliphatic rings. The Hall–Kier alpha value is -3.97. The number of methoxy groups -OCH3 is 1. The van der Waals surface area contributed by atoms with E-state index in [4.69, 9.17) is 21.4 Å². The summed E-state index contributed by atoms with van der Waals surface area (Å²) in [6, 6.07) is 14.8. The fraction of sp³-hybridized carbons (Fsp3) is 0.179. The number of hydrogen-bond acceptors (Lipinski definition) is 4. The number of aromatic nitrogens is 3. The van der Waals surface area contributed by atoms with Crippen LogP contribution in [0.3, 0.4) is 0 Å². The molecule has 182 valence electrons. The molecule has 2 heterocycles. The maximum absolute atomic E-state index is 14.4. The van der Waals surface area contributed by atoms with E-state index in [-0.39, 0.29) is 5.92 Å². The molecule has 4 aromatic rings. The largest absolute Gasteiger partial charge is 0.497 e. The Morgan fingerprint density at radius 2 is 1.97 bits per heavy atom. The first-order chi connectivity index (χ1) is 17.4. The molecule has 1 aliphatic carbocycles. The summed E-state index contributed by atoms with van der Waals surface area (Å²) in [6.45, 7) is 0. The van der Waals surface area contributed by atoms with Crippen molar-refractivity contribution in [2.45, 2.75) is 19.3 Å². The Kier molecular flexibility index (Phi) is 6.57. The number of benzene rings is 2. The van der Waals surface area contributed by atoms with Crippen molar-refractivity contribution < 1.29 is 19.0 Å². The lowest BCUT2D eigenvalue weighted by atomic mass is 9.73. The van der Waals surface area contributed by atoms with E-state index >= 15 is 0 Å². The van der Waals surface area contributed by atoms with E-state index in [9.17, 15) is 9.18 Å². The number of carbonyl (C=O) groups is 1. The van der Waals surface area contributed by atoms with E-state index in [2.05, 4.69) is 15.2 Å². The molecule has 0 amide bonds. The number of halogens is 2. The minimum absolute atomic E-state index is 0.266. The number of carboxylic acid groups (broad SMARTS) is 1. The first kappa shape index (κ1) is 23.8. The Morgan fingerprint density at radius 3 is 2.61 bits per heavy atom. The van der Waals surface area contributed by atoms with Gasteiger partial charge in [0.15, 0.2) is 0 Å². The zero-order valence-corrected chi connectivity index (χ0v) is 20.2. The molecular formula is C28H23ClFN3O3. The smallest absolute Gasteiger partial charge is 0.328 e. The molecule has 36 heavy (non-hydrogen) atoms. The van der Waals surface area contributed by atoms with Crippen LogP contribution in [0.15, 0.2) is 60.8 Å². The van der Waals surface area contributed by atoms with Crippen LogP contribution in [0.1, 0.15) is 41.6 Å². The normalized spacial score (nSPS) is 14.6. The lowest BCUT2D eigenvalue weighted by molar-refractivity contribution is -0.131. The third-order valence-corrected chi connectivity index (χ3v) is 6.84. The number of carboxylic acids is 1. The second kappa shape index (κ2) is 9.95. The number of allylic oxidation sites excluding steroid dienone is 1. The second-order valence-corrected chi connectivity index (χ2v) is 9.09. The highest BCUT2D eigenvalue weighted by molar-refractivity contribution is 6.33. The number of H-pyrrole nitrogens is 1. The van der Waals surface area contributed by atoms with Crippen molar-refractivity contribution in [1.29, 1.82) is 0 Å². The van der Waals surface area contributed by atoms with Gasteiger partial charge in [-0.25, -0.2) is 4.79 Å². The SMILES string of the molecule is COc1ccc(C(=C(c2ccc(C=CC(=O)O)nc2)c2ccc3[nH]nc(F)c3c2)C2CCC2)c(Cl)c1. The molecular weight excluding hydrogens is 481 g/mol. The predicted octanol–water partition coefficient (Wildman–Crippen LogP) is 6.62. The molecule has 0 unspecified atom stereocenters. The van der Waals surface area contributed by atoms with Crippen LogP contribution in [-0.2, 0) is 4.79 Å². The summed E-state index contributed by atoms with van der Waals surface area (Å²) in [5, 5.41) is 16.3. The van der Waals surface area contributed by atoms with Crippen LogP contribution >= 0.6 is 11.6 Å². The Labute approximate surface area is 212 Å². The molecule has 1 fully saturated rings. The first-order valence-corrected chi connectivity index (χ1v) is 11.9. The van der Waals surface area contributed by atoms with Gasteiger partial charge in [-0.2, -0.15) is 4.39 Å². The van der Waals surface area contributed by atoms with Gasteiger partial charge in [0.2, 0.25) is 5.95 Å². The summed E-state index contributed by atoms with van der Waals surface area (Å²) in [4.78, 5) is 15.4. The highest BCUT2D eigenvalue weighted by Crippen LogP contribution is 2.47. The minimum Gasteiger partial charge on any atom is -0.497 e. The molecule has 6 nitrogen and oxygen atoms in total. The fourth-order valence-corrected chi connectivity index (χ4v) is 4.79. The van der Waals surface area contributed by atoms with Crippen molar-refractivity contribution in [2.75, 3.05) is 7.11 Å². The highest BCUT2D eigenvalue weighted by Gasteiger charge is 2.29. The summed E-state index contributed by atoms with van der Waals surface area (Å²) in [6.07, 6.45) is 7.33. The van der Waals surface area contributed by atoms with Gasteiger partial charge in [-0.3, -0.25) is 10.1 Å². The second-order valence-electron chi connectivity index (χ2n) is 8.68. The molecule has 5 rings (SSSR count). The summed E-state index contributed by atoms with van der Waals surface area (Å²) in [7, 11) is 1.60. The van der Waals surface area contributed by atoms with Crippen molar-refractivity contribution in [3.05, 3.63) is 94.2 Å². The number of aromatic amines is 1. The third-order valence-electron chi connectivity index (χ3n) is 6.53. The summed E-state index contributed by atoms with van der Waals surface area (Å²) in [5.74, 6) is -0.678. The maximum Gasteiger partial charge on any atom is 0.328 e. The number of nitrogens with one attached hydrogen (secondary N) is 1. The quantitative estimate of drug-likeness (QED) is 0.219. The highest BCUT2D eigenvalue weighted by atomic mass is 35.5. The molecule has 0 saturated heterocycles. The van der Waals surface area contributed by atoms with Crippen molar-refractivity contribution in [2.24, 2.45) is 5.92 Å². The number of hydrogen-bond donors (Lipinski definition) is 2. The van der Waals surface area contributed by atoms with Gasteiger partial charge in [-0.15, -0.1) is 5.10 Å². The van der Waals surface area contributed by atoms with Crippen LogP contribution in [0.4, 0.5) is 4.39 Å². The Morgan fingerprint density at radius 1 is 1.17 bits per heavy atom. The lowest BCUT2D eigenvalue weighted by Crippen LogP contribution is -2.15. The van der Waals surface area contributed by atoms with Crippen LogP contribution in [0, 0.1) is 11.9 Å². The van der Waals surface area contributed by atoms with E-state index in [1.807, 2.05) is 30.3 Å². The maximum atomic E-state index is 14.4. The number of nitrogens with zero attached hydrogens (tertiary/aromatic N) is 2. The van der Waals surface area contributed by atoms with Crippen LogP contribution in [0.25, 0.3) is 28.1 Å². The first-order valence-electron chi connectivity index (χ1n) is 11.5. The van der Waals surface area contributed by atoms with Crippen molar-refractivity contribution in [3.8, 4) is 5.75 Å². The van der Waals surface area contributed by atoms with Crippen LogP contribution in [0.5, 0.6) is 5.75 Å². The molecule has 0 atom stereocenters. The van der Waals surface area contributed by atoms with Gasteiger partial charge in [-0.1, -0.05) is 30.2 Å². The van der Waals surface area contributed by atoms with Gasteiger partial charge in [0.05, 0.1) is 28.7 Å². The van der Waals surface area contributed by atoms with E-state index in [0.717, 1.165) is 53.2 Å². The van der Waals surface area contributed by atoms with Crippen molar-refractivity contribution >= 4 is 45.7 Å². The molecule has 2 aromatic heterocycles. The summed E-state index contributed by atoms with van der Waals surface area (Å²) < 4.78 is 19.8. The molecule has 0 radical (unpaired) electrons. The monoisotopic (exact) mass is 503 g/mol. The number of aliphatic carboxylic acids is 1. The van der Waals surface area contributed by atoms with Gasteiger partial charge in [0.25, 0.3) is 0 Å². The predicted molar refractivity (Wildman–Crippen MR) is 138 cm³/mol.